The zero-order chi connectivity index (χ0) is 20.5. The normalized spacial score (nSPS) is 18.6. The van der Waals surface area contributed by atoms with Gasteiger partial charge >= 0.3 is 18.5 Å². The molecule has 11 heteroatoms. The predicted molar refractivity (Wildman–Crippen MR) is 78.9 cm³/mol. The van der Waals surface area contributed by atoms with Gasteiger partial charge in [-0.25, -0.2) is 0 Å². The Hall–Kier alpha value is -1.49. The van der Waals surface area contributed by atoms with E-state index in [4.69, 9.17) is 0 Å². The summed E-state index contributed by atoms with van der Waals surface area (Å²) in [4.78, 5) is 1.37. The third-order valence-electron chi connectivity index (χ3n) is 4.34. The zero-order valence-electron chi connectivity index (χ0n) is 13.9. The molecule has 1 heterocycles. The minimum atomic E-state index is -4.98. The van der Waals surface area contributed by atoms with E-state index in [9.17, 15) is 39.5 Å². The summed E-state index contributed by atoms with van der Waals surface area (Å²) in [5.41, 5.74) is -3.44. The minimum Gasteiger partial charge on any atom is -0.314 e. The highest BCUT2D eigenvalue weighted by Crippen LogP contribution is 2.42. The maximum Gasteiger partial charge on any atom is 0.416 e. The lowest BCUT2D eigenvalue weighted by Gasteiger charge is -2.36. The first-order valence-electron chi connectivity index (χ1n) is 8.09. The summed E-state index contributed by atoms with van der Waals surface area (Å²) in [7, 11) is 0. The third kappa shape index (κ3) is 6.00. The smallest absolute Gasteiger partial charge is 0.314 e. The van der Waals surface area contributed by atoms with Crippen molar-refractivity contribution in [3.05, 3.63) is 34.9 Å². The summed E-state index contributed by atoms with van der Waals surface area (Å²) in [6.45, 7) is 0.914. The van der Waals surface area contributed by atoms with Crippen LogP contribution in [0.25, 0.3) is 0 Å². The SMILES string of the molecule is FC(F)(F)CC[C@H](c1cc(C(F)(F)F)ccc1C(F)(F)F)N1CCNCC1. The fraction of sp³-hybridized carbons (Fsp3) is 0.625. The monoisotopic (exact) mass is 408 g/mol. The van der Waals surface area contributed by atoms with Gasteiger partial charge in [0.05, 0.1) is 11.1 Å². The van der Waals surface area contributed by atoms with Crippen LogP contribution in [0, 0.1) is 0 Å². The Balaban J connectivity index is 2.52. The van der Waals surface area contributed by atoms with E-state index < -0.39 is 54.1 Å². The highest BCUT2D eigenvalue weighted by molar-refractivity contribution is 5.38. The van der Waals surface area contributed by atoms with E-state index in [-0.39, 0.29) is 13.1 Å². The number of alkyl halides is 9. The molecular formula is C16H17F9N2. The fourth-order valence-corrected chi connectivity index (χ4v) is 3.10. The van der Waals surface area contributed by atoms with Gasteiger partial charge in [-0.15, -0.1) is 0 Å². The molecule has 1 aliphatic heterocycles. The molecule has 0 spiro atoms. The van der Waals surface area contributed by atoms with Crippen LogP contribution in [0.1, 0.15) is 35.6 Å². The van der Waals surface area contributed by atoms with Gasteiger partial charge in [0.15, 0.2) is 0 Å². The molecule has 27 heavy (non-hydrogen) atoms. The van der Waals surface area contributed by atoms with Gasteiger partial charge in [0.1, 0.15) is 0 Å². The van der Waals surface area contributed by atoms with Crippen LogP contribution in [0.2, 0.25) is 0 Å². The summed E-state index contributed by atoms with van der Waals surface area (Å²) in [6.07, 6.45) is -16.7. The van der Waals surface area contributed by atoms with Crippen molar-refractivity contribution in [2.45, 2.75) is 37.4 Å². The lowest BCUT2D eigenvalue weighted by molar-refractivity contribution is -0.144. The van der Waals surface area contributed by atoms with E-state index in [1.165, 1.54) is 4.90 Å². The Labute approximate surface area is 149 Å². The average Bonchev–Trinajstić information content (AvgIpc) is 2.53. The molecule has 1 aromatic rings. The van der Waals surface area contributed by atoms with E-state index >= 15 is 0 Å². The molecule has 154 valence electrons. The molecule has 2 nitrogen and oxygen atoms in total. The highest BCUT2D eigenvalue weighted by Gasteiger charge is 2.41. The molecule has 1 saturated heterocycles. The number of piperazine rings is 1. The number of nitrogens with one attached hydrogen (secondary N) is 1. The summed E-state index contributed by atoms with van der Waals surface area (Å²) in [5.74, 6) is 0. The maximum absolute atomic E-state index is 13.3. The van der Waals surface area contributed by atoms with Gasteiger partial charge in [-0.05, 0) is 30.2 Å². The van der Waals surface area contributed by atoms with Crippen molar-refractivity contribution >= 4 is 0 Å². The predicted octanol–water partition coefficient (Wildman–Crippen LogP) is 5.01. The Morgan fingerprint density at radius 1 is 0.889 bits per heavy atom. The van der Waals surface area contributed by atoms with E-state index in [0.29, 0.717) is 31.3 Å². The number of hydrogen-bond acceptors (Lipinski definition) is 2. The summed E-state index contributed by atoms with van der Waals surface area (Å²) >= 11 is 0. The summed E-state index contributed by atoms with van der Waals surface area (Å²) in [5, 5.41) is 2.91. The number of hydrogen-bond donors (Lipinski definition) is 1. The standard InChI is InChI=1S/C16H17F9N2/c17-14(18,19)4-3-13(27-7-5-26-6-8-27)11-9-10(15(20,21)22)1-2-12(11)16(23,24)25/h1-2,9,13,26H,3-8H2/t13-/m1/s1. The Kier molecular flexibility index (Phi) is 6.35. The molecule has 0 bridgehead atoms. The van der Waals surface area contributed by atoms with Gasteiger partial charge in [0, 0.05) is 38.6 Å². The molecule has 2 rings (SSSR count). The van der Waals surface area contributed by atoms with Crippen molar-refractivity contribution in [3.63, 3.8) is 0 Å². The van der Waals surface area contributed by atoms with Crippen molar-refractivity contribution in [2.24, 2.45) is 0 Å². The van der Waals surface area contributed by atoms with Crippen molar-refractivity contribution in [1.29, 1.82) is 0 Å². The fourth-order valence-electron chi connectivity index (χ4n) is 3.10. The second-order valence-corrected chi connectivity index (χ2v) is 6.25. The number of nitrogens with zero attached hydrogens (tertiary/aromatic N) is 1. The van der Waals surface area contributed by atoms with Crippen molar-refractivity contribution in [1.82, 2.24) is 10.2 Å². The van der Waals surface area contributed by atoms with E-state index in [0.717, 1.165) is 0 Å². The second kappa shape index (κ2) is 7.86. The Bertz CT molecular complexity index is 628. The molecule has 0 aliphatic carbocycles. The van der Waals surface area contributed by atoms with Crippen molar-refractivity contribution < 1.29 is 39.5 Å². The van der Waals surface area contributed by atoms with Crippen LogP contribution in [-0.4, -0.2) is 37.3 Å². The molecule has 0 aromatic heterocycles. The lowest BCUT2D eigenvalue weighted by atomic mass is 9.92. The topological polar surface area (TPSA) is 15.3 Å². The molecule has 1 fully saturated rings. The molecule has 1 aliphatic rings. The molecule has 1 aromatic carbocycles. The first-order valence-corrected chi connectivity index (χ1v) is 8.09. The average molecular weight is 408 g/mol. The van der Waals surface area contributed by atoms with Crippen LogP contribution in [0.4, 0.5) is 39.5 Å². The maximum atomic E-state index is 13.3. The van der Waals surface area contributed by atoms with Gasteiger partial charge in [0.2, 0.25) is 0 Å². The summed E-state index contributed by atoms with van der Waals surface area (Å²) < 4.78 is 117. The van der Waals surface area contributed by atoms with E-state index in [2.05, 4.69) is 5.32 Å². The van der Waals surface area contributed by atoms with Crippen molar-refractivity contribution in [2.75, 3.05) is 26.2 Å². The van der Waals surface area contributed by atoms with Crippen LogP contribution in [0.15, 0.2) is 18.2 Å². The van der Waals surface area contributed by atoms with Gasteiger partial charge in [-0.1, -0.05) is 0 Å². The van der Waals surface area contributed by atoms with Crippen molar-refractivity contribution in [3.8, 4) is 0 Å². The Morgan fingerprint density at radius 3 is 1.96 bits per heavy atom. The molecule has 1 N–H and O–H groups in total. The van der Waals surface area contributed by atoms with Crippen LogP contribution in [0.5, 0.6) is 0 Å². The first-order chi connectivity index (χ1) is 12.3. The third-order valence-corrected chi connectivity index (χ3v) is 4.34. The van der Waals surface area contributed by atoms with Gasteiger partial charge in [0.25, 0.3) is 0 Å². The first kappa shape index (κ1) is 21.8. The molecule has 0 radical (unpaired) electrons. The largest absolute Gasteiger partial charge is 0.416 e. The highest BCUT2D eigenvalue weighted by atomic mass is 19.4. The van der Waals surface area contributed by atoms with Crippen LogP contribution in [0.3, 0.4) is 0 Å². The lowest BCUT2D eigenvalue weighted by Crippen LogP contribution is -2.45. The number of halogens is 9. The van der Waals surface area contributed by atoms with Gasteiger partial charge in [-0.3, -0.25) is 4.90 Å². The molecule has 1 atom stereocenters. The second-order valence-electron chi connectivity index (χ2n) is 6.25. The van der Waals surface area contributed by atoms with Gasteiger partial charge in [-0.2, -0.15) is 39.5 Å². The summed E-state index contributed by atoms with van der Waals surface area (Å²) in [6, 6.07) is -0.509. The van der Waals surface area contributed by atoms with Crippen LogP contribution < -0.4 is 5.32 Å². The minimum absolute atomic E-state index is 0.135. The van der Waals surface area contributed by atoms with Gasteiger partial charge < -0.3 is 5.32 Å². The zero-order valence-corrected chi connectivity index (χ0v) is 13.9. The molecular weight excluding hydrogens is 391 g/mol. The number of benzene rings is 1. The molecule has 0 unspecified atom stereocenters. The quantitative estimate of drug-likeness (QED) is 0.705. The molecule has 0 saturated carbocycles. The van der Waals surface area contributed by atoms with Crippen LogP contribution >= 0.6 is 0 Å². The van der Waals surface area contributed by atoms with Crippen LogP contribution in [-0.2, 0) is 12.4 Å². The Morgan fingerprint density at radius 2 is 1.48 bits per heavy atom. The van der Waals surface area contributed by atoms with E-state index in [1.54, 1.807) is 0 Å². The number of rotatable bonds is 4. The molecule has 0 amide bonds. The van der Waals surface area contributed by atoms with E-state index in [1.807, 2.05) is 0 Å².